The third kappa shape index (κ3) is 5.43. The fourth-order valence-electron chi connectivity index (χ4n) is 5.35. The van der Waals surface area contributed by atoms with Gasteiger partial charge in [-0.3, -0.25) is 9.59 Å². The minimum Gasteiger partial charge on any atom is -0.497 e. The maximum absolute atomic E-state index is 13.7. The van der Waals surface area contributed by atoms with Gasteiger partial charge in [-0.15, -0.1) is 0 Å². The number of rotatable bonds is 6. The van der Waals surface area contributed by atoms with E-state index in [-0.39, 0.29) is 17.9 Å². The van der Waals surface area contributed by atoms with Crippen molar-refractivity contribution in [2.24, 2.45) is 4.99 Å². The molecule has 4 aromatic carbocycles. The Balaban J connectivity index is 1.28. The maximum atomic E-state index is 13.7. The monoisotopic (exact) mass is 562 g/mol. The standard InChI is InChI=1S/C33H30N4O3S/c1-21-29(32(39)36-25-15-17-26(40-2)18-16-25)30(37-19-6-20-41-33(37)34-21)23-11-13-24(14-12-23)35-31(38)28-10-5-8-22-7-3-4-9-27(22)28/h3-5,7-18,30H,6,19-20H2,1-2H3,(H,35,38)(H,36,39). The van der Waals surface area contributed by atoms with Crippen LogP contribution in [0.5, 0.6) is 5.75 Å². The SMILES string of the molecule is COc1ccc(NC(=O)C2=C(C)N=C3SCCCN3C2c2ccc(NC(=O)c3cccc4ccccc34)cc2)cc1. The summed E-state index contributed by atoms with van der Waals surface area (Å²) in [5, 5.41) is 8.96. The van der Waals surface area contributed by atoms with E-state index in [1.165, 1.54) is 0 Å². The minimum absolute atomic E-state index is 0.163. The van der Waals surface area contributed by atoms with E-state index in [1.54, 1.807) is 18.9 Å². The Kier molecular flexibility index (Phi) is 7.48. The zero-order chi connectivity index (χ0) is 28.3. The van der Waals surface area contributed by atoms with Gasteiger partial charge in [0.2, 0.25) is 0 Å². The highest BCUT2D eigenvalue weighted by molar-refractivity contribution is 8.13. The fourth-order valence-corrected chi connectivity index (χ4v) is 6.37. The van der Waals surface area contributed by atoms with Gasteiger partial charge in [0.15, 0.2) is 5.17 Å². The summed E-state index contributed by atoms with van der Waals surface area (Å²) in [7, 11) is 1.61. The van der Waals surface area contributed by atoms with Crippen molar-refractivity contribution in [3.05, 3.63) is 113 Å². The highest BCUT2D eigenvalue weighted by Gasteiger charge is 2.37. The number of carbonyl (C=O) groups excluding carboxylic acids is 2. The molecule has 4 aromatic rings. The summed E-state index contributed by atoms with van der Waals surface area (Å²) in [6.07, 6.45) is 1.01. The van der Waals surface area contributed by atoms with Gasteiger partial charge in [0.1, 0.15) is 5.75 Å². The molecule has 0 radical (unpaired) electrons. The lowest BCUT2D eigenvalue weighted by molar-refractivity contribution is -0.113. The van der Waals surface area contributed by atoms with Crippen LogP contribution in [0.4, 0.5) is 11.4 Å². The second kappa shape index (κ2) is 11.5. The van der Waals surface area contributed by atoms with E-state index >= 15 is 0 Å². The predicted octanol–water partition coefficient (Wildman–Crippen LogP) is 6.86. The zero-order valence-corrected chi connectivity index (χ0v) is 23.7. The topological polar surface area (TPSA) is 83.0 Å². The summed E-state index contributed by atoms with van der Waals surface area (Å²) in [5.41, 5.74) is 4.28. The second-order valence-electron chi connectivity index (χ2n) is 9.98. The Labute approximate surface area is 243 Å². The number of methoxy groups -OCH3 is 1. The Morgan fingerprint density at radius 2 is 1.56 bits per heavy atom. The lowest BCUT2D eigenvalue weighted by atomic mass is 9.93. The molecule has 0 aromatic heterocycles. The van der Waals surface area contributed by atoms with Crippen molar-refractivity contribution in [3.63, 3.8) is 0 Å². The molecule has 1 unspecified atom stereocenters. The molecule has 0 aliphatic carbocycles. The first-order valence-electron chi connectivity index (χ1n) is 13.6. The number of fused-ring (bicyclic) bond motifs is 2. The molecule has 1 saturated heterocycles. The van der Waals surface area contributed by atoms with Gasteiger partial charge in [-0.05, 0) is 72.1 Å². The molecule has 206 valence electrons. The lowest BCUT2D eigenvalue weighted by Gasteiger charge is -2.41. The summed E-state index contributed by atoms with van der Waals surface area (Å²) in [6, 6.07) is 28.3. The average Bonchev–Trinajstić information content (AvgIpc) is 3.01. The molecule has 41 heavy (non-hydrogen) atoms. The number of amides is 2. The molecule has 6 rings (SSSR count). The number of hydrogen-bond donors (Lipinski definition) is 2. The summed E-state index contributed by atoms with van der Waals surface area (Å²) >= 11 is 1.72. The molecule has 2 aliphatic rings. The number of hydrogen-bond acceptors (Lipinski definition) is 6. The second-order valence-corrected chi connectivity index (χ2v) is 11.0. The van der Waals surface area contributed by atoms with Crippen LogP contribution in [0.1, 0.15) is 35.3 Å². The third-order valence-corrected chi connectivity index (χ3v) is 8.45. The van der Waals surface area contributed by atoms with Gasteiger partial charge in [0, 0.05) is 29.2 Å². The zero-order valence-electron chi connectivity index (χ0n) is 22.9. The summed E-state index contributed by atoms with van der Waals surface area (Å²) < 4.78 is 5.24. The smallest absolute Gasteiger partial charge is 0.256 e. The normalized spacial score (nSPS) is 16.6. The molecular formula is C33H30N4O3S. The summed E-state index contributed by atoms with van der Waals surface area (Å²) in [4.78, 5) is 33.9. The van der Waals surface area contributed by atoms with Crippen LogP contribution in [-0.4, -0.2) is 41.3 Å². The number of ether oxygens (including phenoxy) is 1. The molecule has 0 bridgehead atoms. The van der Waals surface area contributed by atoms with E-state index in [0.29, 0.717) is 28.2 Å². The Morgan fingerprint density at radius 1 is 0.878 bits per heavy atom. The quantitative estimate of drug-likeness (QED) is 0.268. The molecule has 0 spiro atoms. The van der Waals surface area contributed by atoms with Gasteiger partial charge >= 0.3 is 0 Å². The van der Waals surface area contributed by atoms with E-state index in [9.17, 15) is 9.59 Å². The van der Waals surface area contributed by atoms with Crippen molar-refractivity contribution in [1.82, 2.24) is 4.90 Å². The number of benzene rings is 4. The van der Waals surface area contributed by atoms with Crippen molar-refractivity contribution in [1.29, 1.82) is 0 Å². The number of nitrogens with zero attached hydrogens (tertiary/aromatic N) is 2. The predicted molar refractivity (Wildman–Crippen MR) is 167 cm³/mol. The first kappa shape index (κ1) is 26.7. The number of amidine groups is 1. The van der Waals surface area contributed by atoms with Crippen LogP contribution >= 0.6 is 11.8 Å². The third-order valence-electron chi connectivity index (χ3n) is 7.37. The summed E-state index contributed by atoms with van der Waals surface area (Å²) in [5.74, 6) is 1.37. The molecule has 1 atom stereocenters. The van der Waals surface area contributed by atoms with Crippen molar-refractivity contribution < 1.29 is 14.3 Å². The number of allylic oxidation sites excluding steroid dienone is 1. The Bertz CT molecular complexity index is 1670. The molecule has 7 nitrogen and oxygen atoms in total. The van der Waals surface area contributed by atoms with E-state index in [2.05, 4.69) is 15.5 Å². The van der Waals surface area contributed by atoms with E-state index in [0.717, 1.165) is 46.0 Å². The van der Waals surface area contributed by atoms with Crippen molar-refractivity contribution in [3.8, 4) is 5.75 Å². The van der Waals surface area contributed by atoms with Crippen LogP contribution in [0, 0.1) is 0 Å². The Hall–Kier alpha value is -4.56. The van der Waals surface area contributed by atoms with Gasteiger partial charge in [-0.1, -0.05) is 60.3 Å². The molecule has 8 heteroatoms. The lowest BCUT2D eigenvalue weighted by Crippen LogP contribution is -2.43. The van der Waals surface area contributed by atoms with Gasteiger partial charge < -0.3 is 20.3 Å². The molecule has 2 amide bonds. The van der Waals surface area contributed by atoms with Crippen LogP contribution in [0.25, 0.3) is 10.8 Å². The number of thioether (sulfide) groups is 1. The highest BCUT2D eigenvalue weighted by Crippen LogP contribution is 2.40. The maximum Gasteiger partial charge on any atom is 0.256 e. The van der Waals surface area contributed by atoms with Crippen molar-refractivity contribution in [2.75, 3.05) is 30.0 Å². The van der Waals surface area contributed by atoms with Crippen LogP contribution in [-0.2, 0) is 4.79 Å². The van der Waals surface area contributed by atoms with Crippen LogP contribution < -0.4 is 15.4 Å². The molecule has 2 aliphatic heterocycles. The fraction of sp³-hybridized carbons (Fsp3) is 0.182. The number of nitrogens with one attached hydrogen (secondary N) is 2. The van der Waals surface area contributed by atoms with Crippen LogP contribution in [0.2, 0.25) is 0 Å². The van der Waals surface area contributed by atoms with Crippen molar-refractivity contribution >= 4 is 50.9 Å². The van der Waals surface area contributed by atoms with Gasteiger partial charge in [-0.25, -0.2) is 4.99 Å². The van der Waals surface area contributed by atoms with Gasteiger partial charge in [0.25, 0.3) is 11.8 Å². The van der Waals surface area contributed by atoms with E-state index < -0.39 is 0 Å². The van der Waals surface area contributed by atoms with Crippen LogP contribution in [0.15, 0.2) is 107 Å². The van der Waals surface area contributed by atoms with Gasteiger partial charge in [-0.2, -0.15) is 0 Å². The van der Waals surface area contributed by atoms with Crippen LogP contribution in [0.3, 0.4) is 0 Å². The number of anilines is 2. The molecule has 1 fully saturated rings. The van der Waals surface area contributed by atoms with E-state index in [4.69, 9.17) is 9.73 Å². The largest absolute Gasteiger partial charge is 0.497 e. The average molecular weight is 563 g/mol. The first-order valence-corrected chi connectivity index (χ1v) is 14.5. The van der Waals surface area contributed by atoms with Gasteiger partial charge in [0.05, 0.1) is 24.4 Å². The molecule has 2 heterocycles. The first-order chi connectivity index (χ1) is 20.0. The van der Waals surface area contributed by atoms with E-state index in [1.807, 2.05) is 97.9 Å². The minimum atomic E-state index is -0.295. The molecular weight excluding hydrogens is 532 g/mol. The highest BCUT2D eigenvalue weighted by atomic mass is 32.2. The number of aliphatic imine (C=N–C) groups is 1. The van der Waals surface area contributed by atoms with Crippen molar-refractivity contribution in [2.45, 2.75) is 19.4 Å². The Morgan fingerprint density at radius 3 is 2.32 bits per heavy atom. The molecule has 0 saturated carbocycles. The molecule has 2 N–H and O–H groups in total. The summed E-state index contributed by atoms with van der Waals surface area (Å²) in [6.45, 7) is 2.71. The number of carbonyl (C=O) groups is 2.